The van der Waals surface area contributed by atoms with Crippen LogP contribution in [0.15, 0.2) is 54.9 Å². The van der Waals surface area contributed by atoms with E-state index in [9.17, 15) is 14.9 Å². The summed E-state index contributed by atoms with van der Waals surface area (Å²) in [5, 5.41) is 18.1. The molecule has 30 heavy (non-hydrogen) atoms. The average Bonchev–Trinajstić information content (AvgIpc) is 3.26. The van der Waals surface area contributed by atoms with Gasteiger partial charge in [-0.15, -0.1) is 0 Å². The van der Waals surface area contributed by atoms with E-state index in [2.05, 4.69) is 10.4 Å². The average molecular weight is 410 g/mol. The minimum atomic E-state index is -0.551. The Kier molecular flexibility index (Phi) is 6.31. The lowest BCUT2D eigenvalue weighted by molar-refractivity contribution is -0.384. The van der Waals surface area contributed by atoms with Crippen LogP contribution in [0.5, 0.6) is 11.5 Å². The summed E-state index contributed by atoms with van der Waals surface area (Å²) < 4.78 is 12.4. The molecule has 0 bridgehead atoms. The number of hydrogen-bond donors (Lipinski definition) is 1. The predicted molar refractivity (Wildman–Crippen MR) is 110 cm³/mol. The summed E-state index contributed by atoms with van der Waals surface area (Å²) in [6, 6.07) is 11.0. The van der Waals surface area contributed by atoms with Crippen molar-refractivity contribution >= 4 is 11.6 Å². The molecule has 0 aliphatic carbocycles. The fourth-order valence-electron chi connectivity index (χ4n) is 3.10. The Morgan fingerprint density at radius 1 is 1.20 bits per heavy atom. The van der Waals surface area contributed by atoms with E-state index in [1.165, 1.54) is 25.3 Å². The minimum Gasteiger partial charge on any atom is -0.496 e. The maximum Gasteiger partial charge on any atom is 0.270 e. The lowest BCUT2D eigenvalue weighted by atomic mass is 10.0. The third kappa shape index (κ3) is 4.57. The van der Waals surface area contributed by atoms with Gasteiger partial charge in [-0.25, -0.2) is 0 Å². The molecular weight excluding hydrogens is 388 g/mol. The molecule has 0 saturated heterocycles. The lowest BCUT2D eigenvalue weighted by Gasteiger charge is -2.18. The number of amides is 1. The fraction of sp³-hybridized carbons (Fsp3) is 0.238. The maximum atomic E-state index is 12.8. The highest BCUT2D eigenvalue weighted by Crippen LogP contribution is 2.27. The monoisotopic (exact) mass is 410 g/mol. The van der Waals surface area contributed by atoms with Gasteiger partial charge < -0.3 is 14.8 Å². The van der Waals surface area contributed by atoms with E-state index in [0.717, 1.165) is 11.1 Å². The Morgan fingerprint density at radius 2 is 1.93 bits per heavy atom. The van der Waals surface area contributed by atoms with Gasteiger partial charge in [-0.05, 0) is 36.8 Å². The molecule has 156 valence electrons. The second-order valence-electron chi connectivity index (χ2n) is 6.61. The van der Waals surface area contributed by atoms with Gasteiger partial charge in [0.05, 0.1) is 37.3 Å². The van der Waals surface area contributed by atoms with E-state index >= 15 is 0 Å². The molecule has 1 aromatic heterocycles. The highest BCUT2D eigenvalue weighted by atomic mass is 16.6. The molecule has 3 aromatic rings. The first kappa shape index (κ1) is 20.8. The van der Waals surface area contributed by atoms with Crippen LogP contribution in [-0.4, -0.2) is 34.8 Å². The third-order valence-electron chi connectivity index (χ3n) is 4.68. The fourth-order valence-corrected chi connectivity index (χ4v) is 3.10. The summed E-state index contributed by atoms with van der Waals surface area (Å²) in [6.07, 6.45) is 3.55. The molecule has 0 aliphatic rings. The first-order valence-corrected chi connectivity index (χ1v) is 9.20. The number of nitro groups is 1. The molecule has 0 saturated carbocycles. The number of nitro benzene ring substituents is 1. The van der Waals surface area contributed by atoms with Crippen molar-refractivity contribution in [2.45, 2.75) is 19.5 Å². The van der Waals surface area contributed by atoms with Gasteiger partial charge in [0.1, 0.15) is 11.5 Å². The Balaban J connectivity index is 1.83. The summed E-state index contributed by atoms with van der Waals surface area (Å²) in [6.45, 7) is 2.35. The van der Waals surface area contributed by atoms with E-state index in [4.69, 9.17) is 9.47 Å². The van der Waals surface area contributed by atoms with Crippen LogP contribution in [0.4, 0.5) is 5.69 Å². The molecule has 1 heterocycles. The van der Waals surface area contributed by atoms with Gasteiger partial charge in [0.2, 0.25) is 0 Å². The van der Waals surface area contributed by atoms with Crippen LogP contribution in [0.25, 0.3) is 0 Å². The number of benzene rings is 2. The van der Waals surface area contributed by atoms with E-state index in [0.29, 0.717) is 12.3 Å². The topological polar surface area (TPSA) is 109 Å². The smallest absolute Gasteiger partial charge is 0.270 e. The van der Waals surface area contributed by atoms with Crippen LogP contribution < -0.4 is 14.8 Å². The number of methoxy groups -OCH3 is 2. The number of nitrogens with zero attached hydrogens (tertiary/aromatic N) is 3. The number of non-ortho nitro benzene ring substituents is 1. The predicted octanol–water partition coefficient (Wildman–Crippen LogP) is 3.35. The summed E-state index contributed by atoms with van der Waals surface area (Å²) in [5.74, 6) is 0.514. The number of aromatic nitrogens is 2. The Hall–Kier alpha value is -3.88. The van der Waals surface area contributed by atoms with Gasteiger partial charge in [0.25, 0.3) is 11.6 Å². The van der Waals surface area contributed by atoms with Crippen LogP contribution in [0, 0.1) is 10.1 Å². The molecule has 1 atom stereocenters. The van der Waals surface area contributed by atoms with Crippen LogP contribution in [-0.2, 0) is 6.54 Å². The molecule has 2 aromatic carbocycles. The van der Waals surface area contributed by atoms with Crippen LogP contribution in [0.1, 0.15) is 34.5 Å². The number of hydrogen-bond acceptors (Lipinski definition) is 6. The van der Waals surface area contributed by atoms with Gasteiger partial charge >= 0.3 is 0 Å². The molecular formula is C21H22N4O5. The van der Waals surface area contributed by atoms with Crippen molar-refractivity contribution in [2.24, 2.45) is 0 Å². The zero-order valence-corrected chi connectivity index (χ0v) is 16.9. The number of ether oxygens (including phenoxy) is 2. The number of carbonyl (C=O) groups is 1. The second-order valence-corrected chi connectivity index (χ2v) is 6.61. The highest BCUT2D eigenvalue weighted by Gasteiger charge is 2.20. The van der Waals surface area contributed by atoms with E-state index in [1.54, 1.807) is 18.0 Å². The summed E-state index contributed by atoms with van der Waals surface area (Å²) >= 11 is 0. The number of rotatable bonds is 8. The van der Waals surface area contributed by atoms with Crippen LogP contribution in [0.3, 0.4) is 0 Å². The lowest BCUT2D eigenvalue weighted by Crippen LogP contribution is -2.27. The molecule has 9 heteroatoms. The minimum absolute atomic E-state index is 0.101. The molecule has 1 N–H and O–H groups in total. The SMILES string of the molecule is COc1ccc(C(C)NC(=O)c2cc([N+](=O)[O-])ccc2OC)cc1Cn1cccn1. The van der Waals surface area contributed by atoms with Gasteiger partial charge in [-0.2, -0.15) is 5.10 Å². The van der Waals surface area contributed by atoms with Crippen molar-refractivity contribution in [1.29, 1.82) is 0 Å². The quantitative estimate of drug-likeness (QED) is 0.451. The van der Waals surface area contributed by atoms with Gasteiger partial charge in [-0.3, -0.25) is 19.6 Å². The van der Waals surface area contributed by atoms with Gasteiger partial charge in [0, 0.05) is 30.1 Å². The van der Waals surface area contributed by atoms with Crippen molar-refractivity contribution < 1.29 is 19.2 Å². The molecule has 9 nitrogen and oxygen atoms in total. The zero-order valence-electron chi connectivity index (χ0n) is 16.9. The van der Waals surface area contributed by atoms with Crippen LogP contribution in [0.2, 0.25) is 0 Å². The zero-order chi connectivity index (χ0) is 21.7. The normalized spacial score (nSPS) is 11.6. The number of carbonyl (C=O) groups excluding carboxylic acids is 1. The Bertz CT molecular complexity index is 1050. The van der Waals surface area contributed by atoms with Crippen molar-refractivity contribution in [3.8, 4) is 11.5 Å². The van der Waals surface area contributed by atoms with Crippen molar-refractivity contribution in [1.82, 2.24) is 15.1 Å². The maximum absolute atomic E-state index is 12.8. The highest BCUT2D eigenvalue weighted by molar-refractivity contribution is 5.97. The van der Waals surface area contributed by atoms with Gasteiger partial charge in [0.15, 0.2) is 0 Å². The summed E-state index contributed by atoms with van der Waals surface area (Å²) in [4.78, 5) is 23.3. The first-order chi connectivity index (χ1) is 14.4. The molecule has 0 aliphatic heterocycles. The first-order valence-electron chi connectivity index (χ1n) is 9.20. The molecule has 0 spiro atoms. The molecule has 1 amide bonds. The Morgan fingerprint density at radius 3 is 2.57 bits per heavy atom. The number of nitrogens with one attached hydrogen (secondary N) is 1. The van der Waals surface area contributed by atoms with Crippen molar-refractivity contribution in [3.63, 3.8) is 0 Å². The molecule has 0 fully saturated rings. The molecule has 0 radical (unpaired) electrons. The van der Waals surface area contributed by atoms with Crippen LogP contribution >= 0.6 is 0 Å². The van der Waals surface area contributed by atoms with Crippen molar-refractivity contribution in [2.75, 3.05) is 14.2 Å². The summed E-state index contributed by atoms with van der Waals surface area (Å²) in [5.41, 5.74) is 1.69. The van der Waals surface area contributed by atoms with E-state index < -0.39 is 10.8 Å². The van der Waals surface area contributed by atoms with Crippen molar-refractivity contribution in [3.05, 3.63) is 81.7 Å². The second kappa shape index (κ2) is 9.08. The van der Waals surface area contributed by atoms with E-state index in [-0.39, 0.29) is 23.0 Å². The Labute approximate surface area is 173 Å². The molecule has 3 rings (SSSR count). The van der Waals surface area contributed by atoms with E-state index in [1.807, 2.05) is 37.4 Å². The standard InChI is InChI=1S/C21H22N4O5/c1-14(23-21(26)18-12-17(25(27)28)6-8-20(18)30-3)15-5-7-19(29-2)16(11-15)13-24-10-4-9-22-24/h4-12,14H,13H2,1-3H3,(H,23,26). The third-order valence-corrected chi connectivity index (χ3v) is 4.68. The van der Waals surface area contributed by atoms with Gasteiger partial charge in [-0.1, -0.05) is 6.07 Å². The largest absolute Gasteiger partial charge is 0.496 e. The molecule has 1 unspecified atom stereocenters. The summed E-state index contributed by atoms with van der Waals surface area (Å²) in [7, 11) is 3.01.